The maximum atomic E-state index is 13.0. The fourth-order valence-corrected chi connectivity index (χ4v) is 3.97. The third-order valence-electron chi connectivity index (χ3n) is 4.58. The van der Waals surface area contributed by atoms with Gasteiger partial charge in [-0.05, 0) is 47.8 Å². The summed E-state index contributed by atoms with van der Waals surface area (Å²) in [6, 6.07) is 7.44. The second-order valence-electron chi connectivity index (χ2n) is 6.08. The van der Waals surface area contributed by atoms with Crippen LogP contribution in [0.5, 0.6) is 0 Å². The molecule has 0 N–H and O–H groups in total. The number of likely N-dealkylation sites (tertiary alicyclic amines) is 1. The van der Waals surface area contributed by atoms with Crippen LogP contribution in [0, 0.1) is 5.92 Å². The van der Waals surface area contributed by atoms with Crippen molar-refractivity contribution in [1.29, 1.82) is 0 Å². The number of alkyl halides is 3. The first-order valence-electron chi connectivity index (χ1n) is 7.96. The van der Waals surface area contributed by atoms with Crippen molar-refractivity contribution < 1.29 is 18.0 Å². The molecule has 0 saturated carbocycles. The molecule has 1 aliphatic heterocycles. The molecule has 2 aromatic rings. The second kappa shape index (κ2) is 6.43. The van der Waals surface area contributed by atoms with Gasteiger partial charge in [-0.2, -0.15) is 13.2 Å². The van der Waals surface area contributed by atoms with Gasteiger partial charge in [0.2, 0.25) is 0 Å². The first-order valence-corrected chi connectivity index (χ1v) is 8.76. The third kappa shape index (κ3) is 3.06. The van der Waals surface area contributed by atoms with Crippen LogP contribution in [0.2, 0.25) is 0 Å². The van der Waals surface area contributed by atoms with E-state index in [2.05, 4.69) is 15.9 Å². The van der Waals surface area contributed by atoms with Gasteiger partial charge in [0.05, 0.1) is 11.4 Å². The van der Waals surface area contributed by atoms with Gasteiger partial charge >= 0.3 is 6.18 Å². The number of carbonyl (C=O) groups is 1. The molecular formula is C17H18BrF3N2O. The van der Waals surface area contributed by atoms with Gasteiger partial charge < -0.3 is 9.47 Å². The predicted octanol–water partition coefficient (Wildman–Crippen LogP) is 4.84. The molecular weight excluding hydrogens is 385 g/mol. The van der Waals surface area contributed by atoms with Gasteiger partial charge in [-0.3, -0.25) is 4.79 Å². The van der Waals surface area contributed by atoms with Crippen molar-refractivity contribution in [1.82, 2.24) is 9.47 Å². The summed E-state index contributed by atoms with van der Waals surface area (Å²) in [4.78, 5) is 14.2. The van der Waals surface area contributed by atoms with E-state index in [9.17, 15) is 18.0 Å². The number of para-hydroxylation sites is 1. The SMILES string of the molecule is CCn1c(C(=O)N2CCCC(C(F)(F)F)C2)cc2cccc(Br)c21. The normalized spacial score (nSPS) is 19.0. The van der Waals surface area contributed by atoms with Crippen LogP contribution in [-0.2, 0) is 6.54 Å². The van der Waals surface area contributed by atoms with Gasteiger partial charge in [0.15, 0.2) is 0 Å². The minimum absolute atomic E-state index is 0.0929. The number of rotatable bonds is 2. The lowest BCUT2D eigenvalue weighted by Gasteiger charge is -2.33. The van der Waals surface area contributed by atoms with E-state index in [1.54, 1.807) is 6.07 Å². The summed E-state index contributed by atoms with van der Waals surface area (Å²) in [5, 5.41) is 0.902. The molecule has 2 heterocycles. The van der Waals surface area contributed by atoms with Crippen LogP contribution in [0.1, 0.15) is 30.3 Å². The van der Waals surface area contributed by atoms with E-state index in [1.165, 1.54) is 4.90 Å². The zero-order valence-electron chi connectivity index (χ0n) is 13.2. The molecule has 1 aromatic heterocycles. The van der Waals surface area contributed by atoms with Gasteiger partial charge in [-0.1, -0.05) is 12.1 Å². The molecule has 0 radical (unpaired) electrons. The van der Waals surface area contributed by atoms with Crippen LogP contribution in [0.15, 0.2) is 28.7 Å². The van der Waals surface area contributed by atoms with Crippen molar-refractivity contribution in [3.8, 4) is 0 Å². The molecule has 0 aliphatic carbocycles. The van der Waals surface area contributed by atoms with E-state index in [0.29, 0.717) is 25.2 Å². The average molecular weight is 403 g/mol. The van der Waals surface area contributed by atoms with Crippen LogP contribution < -0.4 is 0 Å². The number of nitrogens with zero attached hydrogens (tertiary/aromatic N) is 2. The van der Waals surface area contributed by atoms with Crippen molar-refractivity contribution in [2.24, 2.45) is 5.92 Å². The standard InChI is InChI=1S/C17H18BrF3N2O/c1-2-23-14(9-11-5-3-7-13(18)15(11)23)16(24)22-8-4-6-12(10-22)17(19,20)21/h3,5,7,9,12H,2,4,6,8,10H2,1H3. The first kappa shape index (κ1) is 17.3. The number of fused-ring (bicyclic) bond motifs is 1. The maximum absolute atomic E-state index is 13.0. The lowest BCUT2D eigenvalue weighted by Crippen LogP contribution is -2.45. The topological polar surface area (TPSA) is 25.2 Å². The summed E-state index contributed by atoms with van der Waals surface area (Å²) in [6.07, 6.45) is -3.78. The molecule has 1 aromatic carbocycles. The number of piperidine rings is 1. The molecule has 1 amide bonds. The molecule has 3 rings (SSSR count). The number of benzene rings is 1. The summed E-state index contributed by atoms with van der Waals surface area (Å²) < 4.78 is 41.7. The third-order valence-corrected chi connectivity index (χ3v) is 5.22. The number of aryl methyl sites for hydroxylation is 1. The van der Waals surface area contributed by atoms with Crippen molar-refractivity contribution in [3.05, 3.63) is 34.4 Å². The van der Waals surface area contributed by atoms with Crippen LogP contribution in [-0.4, -0.2) is 34.6 Å². The number of carbonyl (C=O) groups excluding carboxylic acids is 1. The van der Waals surface area contributed by atoms with E-state index in [-0.39, 0.29) is 18.9 Å². The summed E-state index contributed by atoms with van der Waals surface area (Å²) >= 11 is 3.49. The summed E-state index contributed by atoms with van der Waals surface area (Å²) in [6.45, 7) is 2.61. The smallest absolute Gasteiger partial charge is 0.337 e. The fraction of sp³-hybridized carbons (Fsp3) is 0.471. The Bertz CT molecular complexity index is 769. The number of hydrogen-bond acceptors (Lipinski definition) is 1. The van der Waals surface area contributed by atoms with Crippen molar-refractivity contribution in [3.63, 3.8) is 0 Å². The second-order valence-corrected chi connectivity index (χ2v) is 6.94. The van der Waals surface area contributed by atoms with Crippen LogP contribution >= 0.6 is 15.9 Å². The minimum atomic E-state index is -4.25. The first-order chi connectivity index (χ1) is 11.3. The molecule has 0 spiro atoms. The van der Waals surface area contributed by atoms with Gasteiger partial charge in [-0.25, -0.2) is 0 Å². The number of aromatic nitrogens is 1. The van der Waals surface area contributed by atoms with E-state index >= 15 is 0 Å². The highest BCUT2D eigenvalue weighted by molar-refractivity contribution is 9.10. The molecule has 130 valence electrons. The van der Waals surface area contributed by atoms with Crippen molar-refractivity contribution >= 4 is 32.7 Å². The zero-order chi connectivity index (χ0) is 17.5. The monoisotopic (exact) mass is 402 g/mol. The lowest BCUT2D eigenvalue weighted by molar-refractivity contribution is -0.184. The lowest BCUT2D eigenvalue weighted by atomic mass is 9.97. The average Bonchev–Trinajstić information content (AvgIpc) is 2.93. The molecule has 1 saturated heterocycles. The zero-order valence-corrected chi connectivity index (χ0v) is 14.8. The van der Waals surface area contributed by atoms with Gasteiger partial charge in [0.25, 0.3) is 5.91 Å². The molecule has 3 nitrogen and oxygen atoms in total. The number of halogens is 4. The summed E-state index contributed by atoms with van der Waals surface area (Å²) in [7, 11) is 0. The molecule has 1 atom stereocenters. The quantitative estimate of drug-likeness (QED) is 0.705. The van der Waals surface area contributed by atoms with Gasteiger partial charge in [0.1, 0.15) is 5.69 Å². The van der Waals surface area contributed by atoms with Crippen LogP contribution in [0.25, 0.3) is 10.9 Å². The Labute approximate surface area is 146 Å². The highest BCUT2D eigenvalue weighted by atomic mass is 79.9. The Morgan fingerprint density at radius 3 is 2.79 bits per heavy atom. The van der Waals surface area contributed by atoms with Crippen molar-refractivity contribution in [2.45, 2.75) is 32.5 Å². The maximum Gasteiger partial charge on any atom is 0.393 e. The Morgan fingerprint density at radius 2 is 2.12 bits per heavy atom. The van der Waals surface area contributed by atoms with Gasteiger partial charge in [0, 0.05) is 29.5 Å². The van der Waals surface area contributed by atoms with Crippen LogP contribution in [0.3, 0.4) is 0 Å². The predicted molar refractivity (Wildman–Crippen MR) is 90.0 cm³/mol. The molecule has 24 heavy (non-hydrogen) atoms. The Hall–Kier alpha value is -1.50. The summed E-state index contributed by atoms with van der Waals surface area (Å²) in [5.74, 6) is -1.75. The molecule has 1 aliphatic rings. The van der Waals surface area contributed by atoms with E-state index in [0.717, 1.165) is 15.4 Å². The number of hydrogen-bond donors (Lipinski definition) is 0. The van der Waals surface area contributed by atoms with Crippen molar-refractivity contribution in [2.75, 3.05) is 13.1 Å². The summed E-state index contributed by atoms with van der Waals surface area (Å²) in [5.41, 5.74) is 1.34. The van der Waals surface area contributed by atoms with Crippen LogP contribution in [0.4, 0.5) is 13.2 Å². The molecule has 1 unspecified atom stereocenters. The van der Waals surface area contributed by atoms with Gasteiger partial charge in [-0.15, -0.1) is 0 Å². The van der Waals surface area contributed by atoms with E-state index in [4.69, 9.17) is 0 Å². The van der Waals surface area contributed by atoms with E-state index in [1.807, 2.05) is 29.7 Å². The van der Waals surface area contributed by atoms with E-state index < -0.39 is 12.1 Å². The molecule has 7 heteroatoms. The molecule has 0 bridgehead atoms. The fourth-order valence-electron chi connectivity index (χ4n) is 3.38. The Kier molecular flexibility index (Phi) is 4.64. The Balaban J connectivity index is 1.95. The Morgan fingerprint density at radius 1 is 1.38 bits per heavy atom. The highest BCUT2D eigenvalue weighted by Crippen LogP contribution is 2.34. The number of amides is 1. The largest absolute Gasteiger partial charge is 0.393 e. The highest BCUT2D eigenvalue weighted by Gasteiger charge is 2.43. The minimum Gasteiger partial charge on any atom is -0.337 e. The molecule has 1 fully saturated rings.